The van der Waals surface area contributed by atoms with Gasteiger partial charge in [-0.1, -0.05) is 12.1 Å². The van der Waals surface area contributed by atoms with Gasteiger partial charge in [-0.05, 0) is 30.7 Å². The summed E-state index contributed by atoms with van der Waals surface area (Å²) in [5.41, 5.74) is 1.59. The van der Waals surface area contributed by atoms with Gasteiger partial charge in [0.25, 0.3) is 0 Å². The molecule has 2 aromatic rings. The van der Waals surface area contributed by atoms with E-state index in [-0.39, 0.29) is 5.75 Å². The molecule has 1 unspecified atom stereocenters. The van der Waals surface area contributed by atoms with E-state index in [4.69, 9.17) is 14.2 Å². The van der Waals surface area contributed by atoms with Crippen molar-refractivity contribution in [3.63, 3.8) is 0 Å². The maximum atomic E-state index is 9.89. The van der Waals surface area contributed by atoms with Crippen LogP contribution in [0.25, 0.3) is 0 Å². The Morgan fingerprint density at radius 3 is 2.43 bits per heavy atom. The molecular weight excluding hydrogens is 268 g/mol. The minimum atomic E-state index is -0.451. The molecule has 3 rings (SSSR count). The van der Waals surface area contributed by atoms with Gasteiger partial charge in [0.2, 0.25) is 0 Å². The molecule has 4 heteroatoms. The molecule has 2 aromatic carbocycles. The van der Waals surface area contributed by atoms with Crippen molar-refractivity contribution < 1.29 is 19.3 Å². The molecule has 1 heterocycles. The fourth-order valence-electron chi connectivity index (χ4n) is 2.74. The van der Waals surface area contributed by atoms with E-state index in [1.807, 2.05) is 31.2 Å². The van der Waals surface area contributed by atoms with Crippen LogP contribution in [0.4, 0.5) is 0 Å². The SMILES string of the molecule is COc1ccc(C2(C)Cc3cc(O)c(OC)cc3O2)cc1. The zero-order chi connectivity index (χ0) is 15.0. The van der Waals surface area contributed by atoms with Crippen LogP contribution in [0.5, 0.6) is 23.0 Å². The average molecular weight is 286 g/mol. The molecule has 0 saturated heterocycles. The average Bonchev–Trinajstić information content (AvgIpc) is 2.83. The van der Waals surface area contributed by atoms with Gasteiger partial charge >= 0.3 is 0 Å². The minimum Gasteiger partial charge on any atom is -0.504 e. The van der Waals surface area contributed by atoms with Gasteiger partial charge in [-0.3, -0.25) is 0 Å². The first-order chi connectivity index (χ1) is 10.1. The molecule has 1 N–H and O–H groups in total. The van der Waals surface area contributed by atoms with Gasteiger partial charge in [0.05, 0.1) is 14.2 Å². The molecule has 1 aliphatic rings. The van der Waals surface area contributed by atoms with Crippen LogP contribution in [-0.4, -0.2) is 19.3 Å². The molecule has 0 radical (unpaired) electrons. The smallest absolute Gasteiger partial charge is 0.164 e. The monoisotopic (exact) mass is 286 g/mol. The summed E-state index contributed by atoms with van der Waals surface area (Å²) in [7, 11) is 3.17. The predicted molar refractivity (Wildman–Crippen MR) is 79.3 cm³/mol. The number of benzene rings is 2. The number of hydrogen-bond acceptors (Lipinski definition) is 4. The van der Waals surface area contributed by atoms with E-state index in [1.165, 1.54) is 7.11 Å². The normalized spacial score (nSPS) is 19.8. The summed E-state index contributed by atoms with van der Waals surface area (Å²) >= 11 is 0. The second kappa shape index (κ2) is 4.88. The Kier molecular flexibility index (Phi) is 3.16. The Balaban J connectivity index is 1.94. The number of fused-ring (bicyclic) bond motifs is 1. The molecule has 21 heavy (non-hydrogen) atoms. The molecular formula is C17H18O4. The molecule has 0 aliphatic carbocycles. The lowest BCUT2D eigenvalue weighted by Crippen LogP contribution is -2.26. The van der Waals surface area contributed by atoms with Crippen LogP contribution in [0, 0.1) is 0 Å². The zero-order valence-electron chi connectivity index (χ0n) is 12.3. The number of rotatable bonds is 3. The first kappa shape index (κ1) is 13.6. The standard InChI is InChI=1S/C17H18O4/c1-17(12-4-6-13(19-2)7-5-12)10-11-8-14(18)16(20-3)9-15(11)21-17/h4-9,18H,10H2,1-3H3. The Morgan fingerprint density at radius 1 is 1.10 bits per heavy atom. The Bertz CT molecular complexity index is 663. The molecule has 1 aliphatic heterocycles. The van der Waals surface area contributed by atoms with Crippen molar-refractivity contribution in [3.8, 4) is 23.0 Å². The zero-order valence-corrected chi connectivity index (χ0v) is 12.3. The number of ether oxygens (including phenoxy) is 3. The lowest BCUT2D eigenvalue weighted by Gasteiger charge is -2.24. The molecule has 4 nitrogen and oxygen atoms in total. The van der Waals surface area contributed by atoms with E-state index < -0.39 is 5.60 Å². The number of phenolic OH excluding ortho intramolecular Hbond substituents is 1. The van der Waals surface area contributed by atoms with E-state index in [0.717, 1.165) is 22.6 Å². The number of phenols is 1. The first-order valence-corrected chi connectivity index (χ1v) is 6.79. The third-order valence-electron chi connectivity index (χ3n) is 3.93. The summed E-state index contributed by atoms with van der Waals surface area (Å²) in [6, 6.07) is 11.3. The molecule has 0 amide bonds. The maximum Gasteiger partial charge on any atom is 0.164 e. The van der Waals surface area contributed by atoms with Gasteiger partial charge in [0.1, 0.15) is 17.1 Å². The fraction of sp³-hybridized carbons (Fsp3) is 0.294. The van der Waals surface area contributed by atoms with Crippen molar-refractivity contribution in [1.82, 2.24) is 0 Å². The maximum absolute atomic E-state index is 9.89. The highest BCUT2D eigenvalue weighted by Gasteiger charge is 2.37. The summed E-state index contributed by atoms with van der Waals surface area (Å²) in [4.78, 5) is 0. The van der Waals surface area contributed by atoms with Gasteiger partial charge in [-0.15, -0.1) is 0 Å². The lowest BCUT2D eigenvalue weighted by atomic mass is 9.91. The van der Waals surface area contributed by atoms with E-state index >= 15 is 0 Å². The van der Waals surface area contributed by atoms with E-state index in [9.17, 15) is 5.11 Å². The Morgan fingerprint density at radius 2 is 1.81 bits per heavy atom. The number of hydrogen-bond donors (Lipinski definition) is 1. The fourth-order valence-corrected chi connectivity index (χ4v) is 2.74. The van der Waals surface area contributed by atoms with Gasteiger partial charge in [0, 0.05) is 18.1 Å². The van der Waals surface area contributed by atoms with Crippen LogP contribution in [0.3, 0.4) is 0 Å². The topological polar surface area (TPSA) is 47.9 Å². The van der Waals surface area contributed by atoms with Crippen molar-refractivity contribution in [2.24, 2.45) is 0 Å². The van der Waals surface area contributed by atoms with Crippen LogP contribution < -0.4 is 14.2 Å². The lowest BCUT2D eigenvalue weighted by molar-refractivity contribution is 0.115. The van der Waals surface area contributed by atoms with Crippen molar-refractivity contribution in [1.29, 1.82) is 0 Å². The van der Waals surface area contributed by atoms with Crippen LogP contribution in [0.1, 0.15) is 18.1 Å². The summed E-state index contributed by atoms with van der Waals surface area (Å²) in [6.45, 7) is 2.04. The van der Waals surface area contributed by atoms with Crippen molar-refractivity contribution >= 4 is 0 Å². The quantitative estimate of drug-likeness (QED) is 0.941. The van der Waals surface area contributed by atoms with Crippen molar-refractivity contribution in [3.05, 3.63) is 47.5 Å². The number of methoxy groups -OCH3 is 2. The van der Waals surface area contributed by atoms with Crippen LogP contribution in [0.2, 0.25) is 0 Å². The van der Waals surface area contributed by atoms with E-state index in [2.05, 4.69) is 0 Å². The van der Waals surface area contributed by atoms with E-state index in [0.29, 0.717) is 12.2 Å². The summed E-state index contributed by atoms with van der Waals surface area (Å²) in [5, 5.41) is 9.89. The molecule has 0 bridgehead atoms. The third kappa shape index (κ3) is 2.27. The predicted octanol–water partition coefficient (Wildman–Crippen LogP) is 3.26. The largest absolute Gasteiger partial charge is 0.504 e. The van der Waals surface area contributed by atoms with Crippen LogP contribution in [-0.2, 0) is 12.0 Å². The second-order valence-electron chi connectivity index (χ2n) is 5.37. The summed E-state index contributed by atoms with van der Waals surface area (Å²) < 4.78 is 16.4. The molecule has 0 spiro atoms. The second-order valence-corrected chi connectivity index (χ2v) is 5.37. The van der Waals surface area contributed by atoms with Gasteiger partial charge in [-0.2, -0.15) is 0 Å². The highest BCUT2D eigenvalue weighted by Crippen LogP contribution is 2.45. The molecule has 110 valence electrons. The van der Waals surface area contributed by atoms with Crippen molar-refractivity contribution in [2.75, 3.05) is 14.2 Å². The van der Waals surface area contributed by atoms with Crippen LogP contribution >= 0.6 is 0 Å². The molecule has 1 atom stereocenters. The molecule has 0 fully saturated rings. The Labute approximate surface area is 123 Å². The van der Waals surface area contributed by atoms with E-state index in [1.54, 1.807) is 19.2 Å². The summed E-state index contributed by atoms with van der Waals surface area (Å²) in [5.74, 6) is 2.13. The highest BCUT2D eigenvalue weighted by molar-refractivity contribution is 5.53. The third-order valence-corrected chi connectivity index (χ3v) is 3.93. The molecule has 0 aromatic heterocycles. The highest BCUT2D eigenvalue weighted by atomic mass is 16.5. The Hall–Kier alpha value is -2.36. The minimum absolute atomic E-state index is 0.138. The van der Waals surface area contributed by atoms with Crippen molar-refractivity contribution in [2.45, 2.75) is 18.9 Å². The summed E-state index contributed by atoms with van der Waals surface area (Å²) in [6.07, 6.45) is 0.701. The molecule has 0 saturated carbocycles. The van der Waals surface area contributed by atoms with Crippen LogP contribution in [0.15, 0.2) is 36.4 Å². The van der Waals surface area contributed by atoms with Gasteiger partial charge < -0.3 is 19.3 Å². The first-order valence-electron chi connectivity index (χ1n) is 6.79. The number of aromatic hydroxyl groups is 1. The van der Waals surface area contributed by atoms with Gasteiger partial charge in [0.15, 0.2) is 11.5 Å². The van der Waals surface area contributed by atoms with Gasteiger partial charge in [-0.25, -0.2) is 0 Å².